The number of benzene rings is 2. The van der Waals surface area contributed by atoms with Crippen LogP contribution in [0.1, 0.15) is 33.6 Å². The average Bonchev–Trinajstić information content (AvgIpc) is 3.38. The minimum atomic E-state index is -2.59. The highest BCUT2D eigenvalue weighted by molar-refractivity contribution is 6.99. The summed E-state index contributed by atoms with van der Waals surface area (Å²) in [7, 11) is -0.992. The number of carbonyl (C=O) groups is 1. The van der Waals surface area contributed by atoms with E-state index in [9.17, 15) is 4.79 Å². The van der Waals surface area contributed by atoms with Crippen molar-refractivity contribution in [3.05, 3.63) is 60.7 Å². The first kappa shape index (κ1) is 22.8. The lowest BCUT2D eigenvalue weighted by Crippen LogP contribution is -2.66. The van der Waals surface area contributed by atoms with Crippen molar-refractivity contribution in [2.24, 2.45) is 16.1 Å². The molecule has 0 bridgehead atoms. The van der Waals surface area contributed by atoms with E-state index in [1.165, 1.54) is 10.4 Å². The molecule has 0 spiro atoms. The van der Waals surface area contributed by atoms with Gasteiger partial charge in [0, 0.05) is 20.1 Å². The molecule has 7 heteroatoms. The summed E-state index contributed by atoms with van der Waals surface area (Å²) in [6.07, 6.45) is 1.26. The molecule has 3 unspecified atom stereocenters. The fourth-order valence-corrected chi connectivity index (χ4v) is 9.74. The molecule has 3 atom stereocenters. The van der Waals surface area contributed by atoms with Crippen molar-refractivity contribution in [1.29, 1.82) is 0 Å². The number of methoxy groups -OCH3 is 1. The maximum atomic E-state index is 12.2. The quantitative estimate of drug-likeness (QED) is 0.348. The molecule has 2 heterocycles. The molecule has 2 aliphatic heterocycles. The molecule has 32 heavy (non-hydrogen) atoms. The monoisotopic (exact) mass is 452 g/mol. The highest BCUT2D eigenvalue weighted by Crippen LogP contribution is 2.42. The molecule has 0 radical (unpaired) electrons. The second kappa shape index (κ2) is 8.88. The van der Waals surface area contributed by atoms with E-state index in [4.69, 9.17) is 13.9 Å². The Labute approximate surface area is 191 Å². The van der Waals surface area contributed by atoms with Crippen LogP contribution in [0.4, 0.5) is 0 Å². The van der Waals surface area contributed by atoms with Crippen LogP contribution in [-0.2, 0) is 18.7 Å². The molecule has 0 amide bonds. The number of esters is 1. The van der Waals surface area contributed by atoms with E-state index in [1.54, 1.807) is 7.11 Å². The van der Waals surface area contributed by atoms with Gasteiger partial charge in [-0.3, -0.25) is 0 Å². The van der Waals surface area contributed by atoms with Crippen molar-refractivity contribution in [2.75, 3.05) is 20.3 Å². The third kappa shape index (κ3) is 3.82. The second-order valence-electron chi connectivity index (χ2n) is 9.54. The lowest BCUT2D eigenvalue weighted by molar-refractivity contribution is -0.219. The van der Waals surface area contributed by atoms with Gasteiger partial charge in [-0.25, -0.2) is 4.79 Å². The summed E-state index contributed by atoms with van der Waals surface area (Å²) in [6.45, 7) is 7.80. The maximum absolute atomic E-state index is 12.2. The van der Waals surface area contributed by atoms with E-state index < -0.39 is 20.1 Å². The number of nitrogens with zero attached hydrogens (tertiary/aromatic N) is 2. The Kier molecular flexibility index (Phi) is 6.34. The van der Waals surface area contributed by atoms with Gasteiger partial charge in [0.05, 0.1) is 12.5 Å². The zero-order valence-electron chi connectivity index (χ0n) is 19.3. The number of carbonyl (C=O) groups excluding carboxylic acids is 1. The van der Waals surface area contributed by atoms with Crippen molar-refractivity contribution in [2.45, 2.75) is 50.5 Å². The first-order valence-electron chi connectivity index (χ1n) is 11.2. The van der Waals surface area contributed by atoms with Gasteiger partial charge in [-0.05, 0) is 21.8 Å². The normalized spacial score (nSPS) is 25.1. The molecule has 0 aliphatic carbocycles. The molecule has 170 valence electrons. The first-order valence-corrected chi connectivity index (χ1v) is 13.1. The summed E-state index contributed by atoms with van der Waals surface area (Å²) in [6, 6.07) is 20.6. The Morgan fingerprint density at radius 3 is 2.19 bits per heavy atom. The fourth-order valence-electron chi connectivity index (χ4n) is 5.14. The van der Waals surface area contributed by atoms with Crippen LogP contribution >= 0.6 is 0 Å². The van der Waals surface area contributed by atoms with E-state index in [0.717, 1.165) is 0 Å². The lowest BCUT2D eigenvalue weighted by Gasteiger charge is -2.43. The molecule has 2 aliphatic rings. The highest BCUT2D eigenvalue weighted by Gasteiger charge is 2.58. The zero-order chi connectivity index (χ0) is 22.8. The van der Waals surface area contributed by atoms with Gasteiger partial charge in [0.2, 0.25) is 5.79 Å². The van der Waals surface area contributed by atoms with E-state index >= 15 is 0 Å². The maximum Gasteiger partial charge on any atom is 0.335 e. The Balaban J connectivity index is 1.57. The van der Waals surface area contributed by atoms with Crippen molar-refractivity contribution in [3.8, 4) is 0 Å². The number of cyclic esters (lactones) is 1. The summed E-state index contributed by atoms with van der Waals surface area (Å²) < 4.78 is 18.4. The molecule has 6 nitrogen and oxygen atoms in total. The Morgan fingerprint density at radius 1 is 1.06 bits per heavy atom. The summed E-state index contributed by atoms with van der Waals surface area (Å²) in [4.78, 5) is 12.2. The van der Waals surface area contributed by atoms with Gasteiger partial charge in [0.15, 0.2) is 6.04 Å². The molecule has 0 N–H and O–H groups in total. The van der Waals surface area contributed by atoms with Crippen LogP contribution in [0.25, 0.3) is 0 Å². The molecule has 0 saturated carbocycles. The molecule has 4 rings (SSSR count). The molecule has 2 aromatic carbocycles. The Bertz CT molecular complexity index is 921. The van der Waals surface area contributed by atoms with Crippen molar-refractivity contribution in [3.63, 3.8) is 0 Å². The van der Waals surface area contributed by atoms with Gasteiger partial charge in [0.1, 0.15) is 0 Å². The van der Waals surface area contributed by atoms with Crippen LogP contribution in [0.15, 0.2) is 70.9 Å². The summed E-state index contributed by atoms with van der Waals surface area (Å²) in [5.41, 5.74) is 0. The molecule has 2 aromatic rings. The van der Waals surface area contributed by atoms with Crippen molar-refractivity contribution < 1.29 is 18.7 Å². The van der Waals surface area contributed by atoms with Crippen molar-refractivity contribution >= 4 is 24.7 Å². The van der Waals surface area contributed by atoms with E-state index in [2.05, 4.69) is 79.5 Å². The zero-order valence-corrected chi connectivity index (χ0v) is 20.3. The van der Waals surface area contributed by atoms with Crippen LogP contribution < -0.4 is 10.4 Å². The SMILES string of the molecule is COC1(CCCO[Si](c2ccccc2)(c2ccccc2)C(C)(C)C)OC(=O)C2N=NCC21. The standard InChI is InChI=1S/C25H32N2O4Si/c1-24(2,3)32(19-12-7-5-8-13-19,20-14-9-6-10-15-20)30-17-11-16-25(29-4)21-18-26-27-22(21)23(28)31-25/h5-10,12-15,21-22H,11,16-18H2,1-4H3. The Hall–Kier alpha value is -2.35. The lowest BCUT2D eigenvalue weighted by atomic mass is 9.91. The molecule has 1 fully saturated rings. The third-order valence-corrected chi connectivity index (χ3v) is 11.7. The van der Waals surface area contributed by atoms with Gasteiger partial charge >= 0.3 is 5.97 Å². The van der Waals surface area contributed by atoms with Gasteiger partial charge in [0.25, 0.3) is 8.32 Å². The van der Waals surface area contributed by atoms with Crippen molar-refractivity contribution in [1.82, 2.24) is 0 Å². The number of ether oxygens (including phenoxy) is 2. The van der Waals surface area contributed by atoms with Crippen LogP contribution in [-0.4, -0.2) is 46.4 Å². The number of hydrogen-bond donors (Lipinski definition) is 0. The van der Waals surface area contributed by atoms with E-state index in [-0.39, 0.29) is 16.9 Å². The number of hydrogen-bond acceptors (Lipinski definition) is 6. The van der Waals surface area contributed by atoms with Gasteiger partial charge < -0.3 is 13.9 Å². The fraction of sp³-hybridized carbons (Fsp3) is 0.480. The highest BCUT2D eigenvalue weighted by atomic mass is 28.4. The van der Waals surface area contributed by atoms with Gasteiger partial charge in [-0.2, -0.15) is 10.2 Å². The topological polar surface area (TPSA) is 69.5 Å². The molecule has 0 aromatic heterocycles. The van der Waals surface area contributed by atoms with E-state index in [1.807, 2.05) is 12.1 Å². The van der Waals surface area contributed by atoms with Gasteiger partial charge in [-0.1, -0.05) is 81.4 Å². The predicted molar refractivity (Wildman–Crippen MR) is 126 cm³/mol. The largest absolute Gasteiger partial charge is 0.431 e. The van der Waals surface area contributed by atoms with Crippen LogP contribution in [0.2, 0.25) is 5.04 Å². The first-order chi connectivity index (χ1) is 15.3. The number of azo groups is 1. The number of rotatable bonds is 8. The van der Waals surface area contributed by atoms with Crippen LogP contribution in [0.5, 0.6) is 0 Å². The minimum absolute atomic E-state index is 0.0806. The van der Waals surface area contributed by atoms with Crippen LogP contribution in [0, 0.1) is 5.92 Å². The second-order valence-corrected chi connectivity index (χ2v) is 13.8. The third-order valence-electron chi connectivity index (χ3n) is 6.70. The summed E-state index contributed by atoms with van der Waals surface area (Å²) in [5.74, 6) is -1.47. The van der Waals surface area contributed by atoms with Crippen LogP contribution in [0.3, 0.4) is 0 Å². The van der Waals surface area contributed by atoms with E-state index in [0.29, 0.717) is 26.0 Å². The molecule has 1 saturated heterocycles. The number of fused-ring (bicyclic) bond motifs is 1. The predicted octanol–water partition coefficient (Wildman–Crippen LogP) is 3.69. The summed E-state index contributed by atoms with van der Waals surface area (Å²) in [5, 5.41) is 10.5. The average molecular weight is 453 g/mol. The minimum Gasteiger partial charge on any atom is -0.431 e. The Morgan fingerprint density at radius 2 is 1.66 bits per heavy atom. The molecular weight excluding hydrogens is 420 g/mol. The van der Waals surface area contributed by atoms with Gasteiger partial charge in [-0.15, -0.1) is 0 Å². The smallest absolute Gasteiger partial charge is 0.335 e. The summed E-state index contributed by atoms with van der Waals surface area (Å²) >= 11 is 0. The molecular formula is C25H32N2O4Si.